The van der Waals surface area contributed by atoms with Crippen molar-refractivity contribution in [3.8, 4) is 0 Å². The smallest absolute Gasteiger partial charge is 0.169 e. The molecule has 0 spiro atoms. The SMILES string of the molecule is CN(Cc1ccn(C)n1)C(=S)NCC1CCCO1. The van der Waals surface area contributed by atoms with Gasteiger partial charge >= 0.3 is 0 Å². The van der Waals surface area contributed by atoms with Crippen LogP contribution >= 0.6 is 12.2 Å². The highest BCUT2D eigenvalue weighted by Gasteiger charge is 2.16. The molecule has 0 aromatic carbocycles. The van der Waals surface area contributed by atoms with Gasteiger partial charge in [0.05, 0.1) is 18.3 Å². The van der Waals surface area contributed by atoms with E-state index in [1.807, 2.05) is 31.3 Å². The second-order valence-electron chi connectivity index (χ2n) is 4.66. The molecule has 0 aliphatic carbocycles. The molecule has 1 N–H and O–H groups in total. The average Bonchev–Trinajstić information content (AvgIpc) is 2.97. The second kappa shape index (κ2) is 6.15. The van der Waals surface area contributed by atoms with Gasteiger partial charge in [-0.1, -0.05) is 0 Å². The van der Waals surface area contributed by atoms with Gasteiger partial charge < -0.3 is 15.0 Å². The van der Waals surface area contributed by atoms with Crippen LogP contribution in [0.1, 0.15) is 18.5 Å². The molecule has 1 atom stereocenters. The van der Waals surface area contributed by atoms with E-state index in [0.717, 1.165) is 43.3 Å². The molecule has 6 heteroatoms. The molecule has 1 aliphatic rings. The maximum atomic E-state index is 5.55. The molecule has 2 rings (SSSR count). The minimum Gasteiger partial charge on any atom is -0.376 e. The molecular formula is C12H20N4OS. The van der Waals surface area contributed by atoms with Crippen LogP contribution in [0.15, 0.2) is 12.3 Å². The Morgan fingerprint density at radius 2 is 2.56 bits per heavy atom. The van der Waals surface area contributed by atoms with Crippen molar-refractivity contribution >= 4 is 17.3 Å². The molecule has 1 unspecified atom stereocenters. The molecule has 2 heterocycles. The maximum Gasteiger partial charge on any atom is 0.169 e. The summed E-state index contributed by atoms with van der Waals surface area (Å²) in [5.41, 5.74) is 1.02. The van der Waals surface area contributed by atoms with E-state index in [4.69, 9.17) is 17.0 Å². The number of aromatic nitrogens is 2. The summed E-state index contributed by atoms with van der Waals surface area (Å²) in [4.78, 5) is 1.99. The van der Waals surface area contributed by atoms with Gasteiger partial charge in [-0.15, -0.1) is 0 Å². The summed E-state index contributed by atoms with van der Waals surface area (Å²) in [6.45, 7) is 2.40. The van der Waals surface area contributed by atoms with E-state index < -0.39 is 0 Å². The van der Waals surface area contributed by atoms with Gasteiger partial charge in [-0.05, 0) is 31.1 Å². The van der Waals surface area contributed by atoms with E-state index in [0.29, 0.717) is 6.10 Å². The summed E-state index contributed by atoms with van der Waals surface area (Å²) in [6, 6.07) is 2.00. The summed E-state index contributed by atoms with van der Waals surface area (Å²) < 4.78 is 7.35. The molecule has 5 nitrogen and oxygen atoms in total. The number of hydrogen-bond donors (Lipinski definition) is 1. The molecule has 1 aliphatic heterocycles. The highest BCUT2D eigenvalue weighted by Crippen LogP contribution is 2.10. The first kappa shape index (κ1) is 13.3. The zero-order valence-electron chi connectivity index (χ0n) is 10.9. The lowest BCUT2D eigenvalue weighted by molar-refractivity contribution is 0.113. The van der Waals surface area contributed by atoms with Gasteiger partial charge in [-0.3, -0.25) is 4.68 Å². The van der Waals surface area contributed by atoms with E-state index >= 15 is 0 Å². The van der Waals surface area contributed by atoms with Crippen molar-refractivity contribution in [1.29, 1.82) is 0 Å². The highest BCUT2D eigenvalue weighted by molar-refractivity contribution is 7.80. The van der Waals surface area contributed by atoms with Crippen LogP contribution in [0.5, 0.6) is 0 Å². The standard InChI is InChI=1S/C12H20N4OS/c1-15(9-10-5-6-16(2)14-10)12(18)13-8-11-4-3-7-17-11/h5-6,11H,3-4,7-9H2,1-2H3,(H,13,18). The average molecular weight is 268 g/mol. The summed E-state index contributed by atoms with van der Waals surface area (Å²) in [5.74, 6) is 0. The predicted octanol–water partition coefficient (Wildman–Crippen LogP) is 0.905. The minimum absolute atomic E-state index is 0.311. The lowest BCUT2D eigenvalue weighted by atomic mass is 10.2. The first-order valence-electron chi connectivity index (χ1n) is 6.24. The van der Waals surface area contributed by atoms with Crippen LogP contribution in [0.25, 0.3) is 0 Å². The van der Waals surface area contributed by atoms with Crippen LogP contribution in [0.2, 0.25) is 0 Å². The van der Waals surface area contributed by atoms with Gasteiger partial charge in [0.2, 0.25) is 0 Å². The van der Waals surface area contributed by atoms with Gasteiger partial charge in [0.25, 0.3) is 0 Å². The fourth-order valence-electron chi connectivity index (χ4n) is 2.00. The molecule has 0 radical (unpaired) electrons. The fraction of sp³-hybridized carbons (Fsp3) is 0.667. The third-order valence-electron chi connectivity index (χ3n) is 3.02. The number of nitrogens with zero attached hydrogens (tertiary/aromatic N) is 3. The molecule has 0 bridgehead atoms. The van der Waals surface area contributed by atoms with Crippen molar-refractivity contribution < 1.29 is 4.74 Å². The van der Waals surface area contributed by atoms with Crippen LogP contribution in [0.4, 0.5) is 0 Å². The van der Waals surface area contributed by atoms with Crippen molar-refractivity contribution in [2.75, 3.05) is 20.2 Å². The van der Waals surface area contributed by atoms with E-state index in [9.17, 15) is 0 Å². The van der Waals surface area contributed by atoms with E-state index in [1.54, 1.807) is 4.68 Å². The first-order valence-corrected chi connectivity index (χ1v) is 6.65. The predicted molar refractivity (Wildman–Crippen MR) is 74.2 cm³/mol. The van der Waals surface area contributed by atoms with Crippen LogP contribution in [-0.2, 0) is 18.3 Å². The lowest BCUT2D eigenvalue weighted by Gasteiger charge is -2.21. The molecule has 1 aromatic rings. The molecule has 18 heavy (non-hydrogen) atoms. The number of aryl methyl sites for hydroxylation is 1. The van der Waals surface area contributed by atoms with Crippen molar-refractivity contribution in [3.05, 3.63) is 18.0 Å². The Labute approximate surface area is 113 Å². The molecule has 100 valence electrons. The number of hydrogen-bond acceptors (Lipinski definition) is 3. The zero-order chi connectivity index (χ0) is 13.0. The summed E-state index contributed by atoms with van der Waals surface area (Å²) in [5, 5.41) is 8.33. The van der Waals surface area contributed by atoms with Gasteiger partial charge in [0.15, 0.2) is 5.11 Å². The molecule has 1 aromatic heterocycles. The Kier molecular flexibility index (Phi) is 4.54. The Morgan fingerprint density at radius 3 is 3.17 bits per heavy atom. The number of rotatable bonds is 4. The maximum absolute atomic E-state index is 5.55. The van der Waals surface area contributed by atoms with Crippen LogP contribution in [-0.4, -0.2) is 46.1 Å². The summed E-state index contributed by atoms with van der Waals surface area (Å²) in [6.07, 6.45) is 4.53. The van der Waals surface area contributed by atoms with Gasteiger partial charge in [0, 0.05) is 33.4 Å². The number of ether oxygens (including phenoxy) is 1. The monoisotopic (exact) mass is 268 g/mol. The Bertz CT molecular complexity index is 401. The minimum atomic E-state index is 0.311. The van der Waals surface area contributed by atoms with Crippen LogP contribution in [0.3, 0.4) is 0 Å². The zero-order valence-corrected chi connectivity index (χ0v) is 11.7. The second-order valence-corrected chi connectivity index (χ2v) is 5.04. The van der Waals surface area contributed by atoms with Crippen molar-refractivity contribution in [3.63, 3.8) is 0 Å². The first-order chi connectivity index (χ1) is 8.65. The van der Waals surface area contributed by atoms with Crippen LogP contribution in [0, 0.1) is 0 Å². The van der Waals surface area contributed by atoms with Crippen molar-refractivity contribution in [2.24, 2.45) is 7.05 Å². The molecule has 0 saturated carbocycles. The van der Waals surface area contributed by atoms with Gasteiger partial charge in [0.1, 0.15) is 0 Å². The Morgan fingerprint density at radius 1 is 1.72 bits per heavy atom. The molecular weight excluding hydrogens is 248 g/mol. The Hall–Kier alpha value is -1.14. The quantitative estimate of drug-likeness (QED) is 0.822. The van der Waals surface area contributed by atoms with E-state index in [-0.39, 0.29) is 0 Å². The van der Waals surface area contributed by atoms with Gasteiger partial charge in [-0.2, -0.15) is 5.10 Å². The molecule has 1 saturated heterocycles. The van der Waals surface area contributed by atoms with Crippen molar-refractivity contribution in [1.82, 2.24) is 20.0 Å². The molecule has 0 amide bonds. The topological polar surface area (TPSA) is 42.3 Å². The number of nitrogens with one attached hydrogen (secondary N) is 1. The van der Waals surface area contributed by atoms with Crippen molar-refractivity contribution in [2.45, 2.75) is 25.5 Å². The van der Waals surface area contributed by atoms with E-state index in [2.05, 4.69) is 10.4 Å². The Balaban J connectivity index is 1.74. The summed E-state index contributed by atoms with van der Waals surface area (Å²) in [7, 11) is 3.89. The van der Waals surface area contributed by atoms with E-state index in [1.165, 1.54) is 0 Å². The third kappa shape index (κ3) is 3.68. The molecule has 1 fully saturated rings. The summed E-state index contributed by atoms with van der Waals surface area (Å²) >= 11 is 5.34. The lowest BCUT2D eigenvalue weighted by Crippen LogP contribution is -2.40. The normalized spacial score (nSPS) is 18.9. The highest BCUT2D eigenvalue weighted by atomic mass is 32.1. The largest absolute Gasteiger partial charge is 0.376 e. The number of thiocarbonyl (C=S) groups is 1. The van der Waals surface area contributed by atoms with Gasteiger partial charge in [-0.25, -0.2) is 0 Å². The third-order valence-corrected chi connectivity index (χ3v) is 3.48. The van der Waals surface area contributed by atoms with Crippen LogP contribution < -0.4 is 5.32 Å². The fourth-order valence-corrected chi connectivity index (χ4v) is 2.15.